The third-order valence-electron chi connectivity index (χ3n) is 5.48. The third kappa shape index (κ3) is 3.70. The second kappa shape index (κ2) is 8.08. The minimum absolute atomic E-state index is 0.0204. The van der Waals surface area contributed by atoms with Gasteiger partial charge in [0.15, 0.2) is 0 Å². The van der Waals surface area contributed by atoms with Crippen LogP contribution in [-0.2, 0) is 17.9 Å². The second-order valence-electron chi connectivity index (χ2n) is 7.43. The van der Waals surface area contributed by atoms with Crippen molar-refractivity contribution in [2.45, 2.75) is 58.7 Å². The van der Waals surface area contributed by atoms with E-state index in [0.717, 1.165) is 43.4 Å². The first-order valence-corrected chi connectivity index (χ1v) is 9.74. The van der Waals surface area contributed by atoms with Gasteiger partial charge in [0.25, 0.3) is 0 Å². The van der Waals surface area contributed by atoms with Crippen LogP contribution in [0.15, 0.2) is 29.1 Å². The molecule has 1 aliphatic heterocycles. The molecular formula is C20H30N4O2. The molecule has 1 saturated heterocycles. The summed E-state index contributed by atoms with van der Waals surface area (Å²) in [4.78, 5) is 27.4. The van der Waals surface area contributed by atoms with Crippen LogP contribution >= 0.6 is 0 Å². The number of piperidine rings is 1. The lowest BCUT2D eigenvalue weighted by Gasteiger charge is -2.34. The molecule has 0 saturated carbocycles. The molecule has 0 aliphatic carbocycles. The third-order valence-corrected chi connectivity index (χ3v) is 5.48. The molecule has 142 valence electrons. The molecular weight excluding hydrogens is 328 g/mol. The van der Waals surface area contributed by atoms with Crippen molar-refractivity contribution in [2.24, 2.45) is 11.7 Å². The van der Waals surface area contributed by atoms with Gasteiger partial charge in [-0.05, 0) is 44.2 Å². The summed E-state index contributed by atoms with van der Waals surface area (Å²) in [5.41, 5.74) is 7.86. The fourth-order valence-corrected chi connectivity index (χ4v) is 3.96. The standard InChI is InChI=1S/C20H30N4O2/c1-3-11-23-17-8-4-5-9-18(17)24(20(23)26)13-10-19(25)22-12-6-7-16(14-22)15(2)21/h4-5,8-9,15-16H,3,6-7,10-14,21H2,1-2H3. The van der Waals surface area contributed by atoms with Crippen molar-refractivity contribution in [3.8, 4) is 0 Å². The zero-order valence-corrected chi connectivity index (χ0v) is 15.9. The maximum atomic E-state index is 12.8. The van der Waals surface area contributed by atoms with Crippen molar-refractivity contribution in [1.29, 1.82) is 0 Å². The van der Waals surface area contributed by atoms with E-state index < -0.39 is 0 Å². The number of carbonyl (C=O) groups excluding carboxylic acids is 1. The Labute approximate surface area is 154 Å². The number of amides is 1. The quantitative estimate of drug-likeness (QED) is 0.860. The number of hydrogen-bond donors (Lipinski definition) is 1. The van der Waals surface area contributed by atoms with Crippen molar-refractivity contribution in [3.05, 3.63) is 34.7 Å². The summed E-state index contributed by atoms with van der Waals surface area (Å²) in [5, 5.41) is 0. The lowest BCUT2D eigenvalue weighted by Crippen LogP contribution is -2.45. The highest BCUT2D eigenvalue weighted by molar-refractivity contribution is 5.78. The molecule has 1 amide bonds. The smallest absolute Gasteiger partial charge is 0.329 e. The molecule has 26 heavy (non-hydrogen) atoms. The van der Waals surface area contributed by atoms with Crippen LogP contribution < -0.4 is 11.4 Å². The van der Waals surface area contributed by atoms with E-state index in [9.17, 15) is 9.59 Å². The lowest BCUT2D eigenvalue weighted by molar-refractivity contribution is -0.133. The molecule has 1 aromatic carbocycles. The maximum absolute atomic E-state index is 12.8. The van der Waals surface area contributed by atoms with Gasteiger partial charge in [0.2, 0.25) is 5.91 Å². The van der Waals surface area contributed by atoms with Gasteiger partial charge >= 0.3 is 5.69 Å². The Morgan fingerprint density at radius 2 is 1.88 bits per heavy atom. The summed E-state index contributed by atoms with van der Waals surface area (Å²) < 4.78 is 3.56. The summed E-state index contributed by atoms with van der Waals surface area (Å²) in [6.07, 6.45) is 3.35. The van der Waals surface area contributed by atoms with Crippen LogP contribution in [0.25, 0.3) is 11.0 Å². The van der Waals surface area contributed by atoms with E-state index in [0.29, 0.717) is 25.4 Å². The predicted octanol–water partition coefficient (Wildman–Crippen LogP) is 2.19. The number of likely N-dealkylation sites (tertiary alicyclic amines) is 1. The highest BCUT2D eigenvalue weighted by atomic mass is 16.2. The summed E-state index contributed by atoms with van der Waals surface area (Å²) >= 11 is 0. The molecule has 2 N–H and O–H groups in total. The number of fused-ring (bicyclic) bond motifs is 1. The van der Waals surface area contributed by atoms with Crippen molar-refractivity contribution < 1.29 is 4.79 Å². The first kappa shape index (κ1) is 18.7. The monoisotopic (exact) mass is 358 g/mol. The molecule has 2 heterocycles. The number of nitrogens with zero attached hydrogens (tertiary/aromatic N) is 3. The van der Waals surface area contributed by atoms with E-state index >= 15 is 0 Å². The Kier molecular flexibility index (Phi) is 5.81. The number of imidazole rings is 1. The summed E-state index contributed by atoms with van der Waals surface area (Å²) in [6.45, 7) is 6.74. The summed E-state index contributed by atoms with van der Waals surface area (Å²) in [5.74, 6) is 0.497. The number of carbonyl (C=O) groups is 1. The second-order valence-corrected chi connectivity index (χ2v) is 7.43. The van der Waals surface area contributed by atoms with Crippen LogP contribution in [0.5, 0.6) is 0 Å². The van der Waals surface area contributed by atoms with Crippen LogP contribution in [-0.4, -0.2) is 39.1 Å². The van der Waals surface area contributed by atoms with E-state index in [4.69, 9.17) is 5.73 Å². The average Bonchev–Trinajstić information content (AvgIpc) is 2.92. The van der Waals surface area contributed by atoms with Crippen LogP contribution in [0.3, 0.4) is 0 Å². The number of rotatable bonds is 6. The minimum Gasteiger partial charge on any atom is -0.342 e. The van der Waals surface area contributed by atoms with E-state index in [1.165, 1.54) is 0 Å². The Bertz CT molecular complexity index is 821. The predicted molar refractivity (Wildman–Crippen MR) is 104 cm³/mol. The summed E-state index contributed by atoms with van der Waals surface area (Å²) in [7, 11) is 0. The van der Waals surface area contributed by atoms with Gasteiger partial charge < -0.3 is 10.6 Å². The van der Waals surface area contributed by atoms with E-state index in [1.807, 2.05) is 40.7 Å². The lowest BCUT2D eigenvalue weighted by atomic mass is 9.92. The molecule has 2 unspecified atom stereocenters. The molecule has 1 fully saturated rings. The topological polar surface area (TPSA) is 73.3 Å². The number of aryl methyl sites for hydroxylation is 2. The normalized spacial score (nSPS) is 19.0. The van der Waals surface area contributed by atoms with Crippen LogP contribution in [0.1, 0.15) is 39.5 Å². The van der Waals surface area contributed by atoms with Gasteiger partial charge in [0.1, 0.15) is 0 Å². The number of hydrogen-bond acceptors (Lipinski definition) is 3. The van der Waals surface area contributed by atoms with Crippen LogP contribution in [0.4, 0.5) is 0 Å². The van der Waals surface area contributed by atoms with E-state index in [2.05, 4.69) is 6.92 Å². The Morgan fingerprint density at radius 3 is 2.50 bits per heavy atom. The van der Waals surface area contributed by atoms with Gasteiger partial charge in [-0.2, -0.15) is 0 Å². The van der Waals surface area contributed by atoms with Gasteiger partial charge in [-0.25, -0.2) is 4.79 Å². The molecule has 1 aliphatic rings. The van der Waals surface area contributed by atoms with Crippen molar-refractivity contribution in [1.82, 2.24) is 14.0 Å². The average molecular weight is 358 g/mol. The molecule has 2 atom stereocenters. The van der Waals surface area contributed by atoms with E-state index in [-0.39, 0.29) is 17.6 Å². The number of nitrogens with two attached hydrogens (primary N) is 1. The zero-order chi connectivity index (χ0) is 18.7. The highest BCUT2D eigenvalue weighted by Gasteiger charge is 2.25. The first-order valence-electron chi connectivity index (χ1n) is 9.74. The van der Waals surface area contributed by atoms with Crippen molar-refractivity contribution in [2.75, 3.05) is 13.1 Å². The number of benzene rings is 1. The Morgan fingerprint density at radius 1 is 1.23 bits per heavy atom. The molecule has 0 radical (unpaired) electrons. The fraction of sp³-hybridized carbons (Fsp3) is 0.600. The largest absolute Gasteiger partial charge is 0.342 e. The minimum atomic E-state index is -0.0204. The van der Waals surface area contributed by atoms with Gasteiger partial charge in [-0.1, -0.05) is 19.1 Å². The number of aromatic nitrogens is 2. The maximum Gasteiger partial charge on any atom is 0.329 e. The van der Waals surface area contributed by atoms with Gasteiger partial charge in [0.05, 0.1) is 11.0 Å². The van der Waals surface area contributed by atoms with Crippen molar-refractivity contribution in [3.63, 3.8) is 0 Å². The van der Waals surface area contributed by atoms with Crippen LogP contribution in [0, 0.1) is 5.92 Å². The Hall–Kier alpha value is -2.08. The molecule has 3 rings (SSSR count). The highest BCUT2D eigenvalue weighted by Crippen LogP contribution is 2.20. The molecule has 0 bridgehead atoms. The SMILES string of the molecule is CCCn1c(=O)n(CCC(=O)N2CCCC(C(C)N)C2)c2ccccc21. The molecule has 6 heteroatoms. The van der Waals surface area contributed by atoms with Gasteiger partial charge in [-0.3, -0.25) is 13.9 Å². The molecule has 1 aromatic heterocycles. The molecule has 6 nitrogen and oxygen atoms in total. The number of para-hydroxylation sites is 2. The van der Waals surface area contributed by atoms with Crippen molar-refractivity contribution >= 4 is 16.9 Å². The zero-order valence-electron chi connectivity index (χ0n) is 15.9. The fourth-order valence-electron chi connectivity index (χ4n) is 3.96. The summed E-state index contributed by atoms with van der Waals surface area (Å²) in [6, 6.07) is 7.93. The first-order chi connectivity index (χ1) is 12.5. The van der Waals surface area contributed by atoms with E-state index in [1.54, 1.807) is 4.57 Å². The van der Waals surface area contributed by atoms with Gasteiger partial charge in [-0.15, -0.1) is 0 Å². The Balaban J connectivity index is 1.74. The molecule has 2 aromatic rings. The van der Waals surface area contributed by atoms with Crippen LogP contribution in [0.2, 0.25) is 0 Å². The van der Waals surface area contributed by atoms with Gasteiger partial charge in [0, 0.05) is 38.6 Å². The molecule has 0 spiro atoms.